The highest BCUT2D eigenvalue weighted by Gasteiger charge is 2.17. The van der Waals surface area contributed by atoms with Gasteiger partial charge < -0.3 is 0 Å². The maximum Gasteiger partial charge on any atom is 0.137 e. The average Bonchev–Trinajstić information content (AvgIpc) is 3.01. The van der Waals surface area contributed by atoms with Crippen molar-refractivity contribution in [2.24, 2.45) is 5.41 Å². The number of hydrogen-bond acceptors (Lipinski definition) is 1. The van der Waals surface area contributed by atoms with Gasteiger partial charge in [0.1, 0.15) is 5.78 Å². The summed E-state index contributed by atoms with van der Waals surface area (Å²) in [6.07, 6.45) is 6.36. The van der Waals surface area contributed by atoms with Gasteiger partial charge in [-0.3, -0.25) is 4.79 Å². The van der Waals surface area contributed by atoms with Crippen molar-refractivity contribution in [1.82, 2.24) is 0 Å². The lowest BCUT2D eigenvalue weighted by Gasteiger charge is -2.16. The van der Waals surface area contributed by atoms with Crippen molar-refractivity contribution in [2.45, 2.75) is 40.0 Å². The van der Waals surface area contributed by atoms with E-state index >= 15 is 0 Å². The molecule has 2 aromatic rings. The van der Waals surface area contributed by atoms with Gasteiger partial charge in [-0.25, -0.2) is 0 Å². The third-order valence-corrected chi connectivity index (χ3v) is 4.28. The van der Waals surface area contributed by atoms with E-state index in [2.05, 4.69) is 63.0 Å². The molecule has 0 saturated heterocycles. The highest BCUT2D eigenvalue weighted by Crippen LogP contribution is 2.23. The van der Waals surface area contributed by atoms with E-state index < -0.39 is 0 Å². The van der Waals surface area contributed by atoms with Gasteiger partial charge in [0, 0.05) is 24.0 Å². The predicted molar refractivity (Wildman–Crippen MR) is 104 cm³/mol. The van der Waals surface area contributed by atoms with Crippen LogP contribution in [0.3, 0.4) is 0 Å². The number of rotatable bonds is 3. The van der Waals surface area contributed by atoms with Gasteiger partial charge in [0.25, 0.3) is 0 Å². The van der Waals surface area contributed by atoms with E-state index in [1.807, 2.05) is 24.3 Å². The largest absolute Gasteiger partial charge is 0.299 e. The molecule has 25 heavy (non-hydrogen) atoms. The molecule has 0 atom stereocenters. The number of fused-ring (bicyclic) bond motifs is 1. The van der Waals surface area contributed by atoms with Gasteiger partial charge in [0.2, 0.25) is 0 Å². The number of hydrogen-bond donors (Lipinski definition) is 0. The number of carbonyl (C=O) groups is 1. The van der Waals surface area contributed by atoms with E-state index in [0.29, 0.717) is 12.8 Å². The lowest BCUT2D eigenvalue weighted by Crippen LogP contribution is -2.15. The fourth-order valence-corrected chi connectivity index (χ4v) is 3.20. The summed E-state index contributed by atoms with van der Waals surface area (Å²) in [5.74, 6) is 6.87. The molecule has 0 amide bonds. The Kier molecular flexibility index (Phi) is 4.91. The first-order valence-corrected chi connectivity index (χ1v) is 8.82. The first kappa shape index (κ1) is 17.2. The van der Waals surface area contributed by atoms with Gasteiger partial charge in [0.05, 0.1) is 0 Å². The summed E-state index contributed by atoms with van der Waals surface area (Å²) in [7, 11) is 0. The first-order valence-electron chi connectivity index (χ1n) is 8.82. The van der Waals surface area contributed by atoms with E-state index in [4.69, 9.17) is 0 Å². The van der Waals surface area contributed by atoms with Crippen molar-refractivity contribution < 1.29 is 4.79 Å². The third-order valence-electron chi connectivity index (χ3n) is 4.28. The summed E-state index contributed by atoms with van der Waals surface area (Å²) in [6.45, 7) is 6.29. The minimum absolute atomic E-state index is 0.0225. The Hall–Kier alpha value is -2.59. The topological polar surface area (TPSA) is 17.1 Å². The Balaban J connectivity index is 1.85. The molecule has 0 fully saturated rings. The minimum atomic E-state index is 0.0225. The molecule has 1 aliphatic rings. The quantitative estimate of drug-likeness (QED) is 0.707. The van der Waals surface area contributed by atoms with E-state index in [0.717, 1.165) is 23.1 Å². The summed E-state index contributed by atoms with van der Waals surface area (Å²) in [5.41, 5.74) is 5.62. The zero-order valence-electron chi connectivity index (χ0n) is 15.2. The SMILES string of the molecule is CC(C)(C)CC(=O)Cc1ccccc1C#Cc1cccc2c1C=CC2. The van der Waals surface area contributed by atoms with Crippen LogP contribution in [-0.2, 0) is 17.6 Å². The molecule has 0 aromatic heterocycles. The van der Waals surface area contributed by atoms with Gasteiger partial charge in [0.15, 0.2) is 0 Å². The molecule has 0 heterocycles. The second-order valence-electron chi connectivity index (χ2n) is 7.84. The fraction of sp³-hybridized carbons (Fsp3) is 0.292. The van der Waals surface area contributed by atoms with Gasteiger partial charge in [-0.2, -0.15) is 0 Å². The van der Waals surface area contributed by atoms with E-state index in [1.54, 1.807) is 0 Å². The van der Waals surface area contributed by atoms with Crippen LogP contribution in [0.4, 0.5) is 0 Å². The van der Waals surface area contributed by atoms with Gasteiger partial charge in [-0.1, -0.05) is 75.1 Å². The highest BCUT2D eigenvalue weighted by atomic mass is 16.1. The Morgan fingerprint density at radius 1 is 1.00 bits per heavy atom. The molecule has 126 valence electrons. The monoisotopic (exact) mass is 328 g/mol. The zero-order valence-corrected chi connectivity index (χ0v) is 15.2. The molecule has 1 nitrogen and oxygen atoms in total. The summed E-state index contributed by atoms with van der Waals surface area (Å²) in [4.78, 5) is 12.4. The van der Waals surface area contributed by atoms with Crippen molar-refractivity contribution in [1.29, 1.82) is 0 Å². The van der Waals surface area contributed by atoms with Crippen LogP contribution in [0.2, 0.25) is 0 Å². The van der Waals surface area contributed by atoms with E-state index in [-0.39, 0.29) is 11.2 Å². The molecular weight excluding hydrogens is 304 g/mol. The number of allylic oxidation sites excluding steroid dienone is 1. The molecule has 0 unspecified atom stereocenters. The summed E-state index contributed by atoms with van der Waals surface area (Å²) >= 11 is 0. The van der Waals surface area contributed by atoms with Crippen molar-refractivity contribution >= 4 is 11.9 Å². The summed E-state index contributed by atoms with van der Waals surface area (Å²) in [5, 5.41) is 0. The molecule has 1 aliphatic carbocycles. The number of benzene rings is 2. The van der Waals surface area contributed by atoms with Crippen LogP contribution in [0, 0.1) is 17.3 Å². The van der Waals surface area contributed by atoms with Crippen LogP contribution in [0.15, 0.2) is 48.5 Å². The molecular formula is C24H24O. The predicted octanol–water partition coefficient (Wildman–Crippen LogP) is 5.20. The molecule has 0 bridgehead atoms. The fourth-order valence-electron chi connectivity index (χ4n) is 3.20. The Bertz CT molecular complexity index is 882. The third kappa shape index (κ3) is 4.48. The van der Waals surface area contributed by atoms with E-state index in [1.165, 1.54) is 11.1 Å². The van der Waals surface area contributed by atoms with Crippen LogP contribution in [-0.4, -0.2) is 5.78 Å². The average molecular weight is 328 g/mol. The van der Waals surface area contributed by atoms with Crippen LogP contribution in [0.1, 0.15) is 55.0 Å². The number of Topliss-reactive ketones (excluding diaryl/α,β-unsaturated/α-hetero) is 1. The second kappa shape index (κ2) is 7.11. The highest BCUT2D eigenvalue weighted by molar-refractivity contribution is 5.82. The lowest BCUT2D eigenvalue weighted by atomic mass is 9.87. The second-order valence-corrected chi connectivity index (χ2v) is 7.84. The smallest absolute Gasteiger partial charge is 0.137 e. The van der Waals surface area contributed by atoms with Crippen LogP contribution >= 0.6 is 0 Å². The maximum absolute atomic E-state index is 12.4. The molecule has 2 aromatic carbocycles. The van der Waals surface area contributed by atoms with Gasteiger partial charge in [-0.05, 0) is 40.7 Å². The summed E-state index contributed by atoms with van der Waals surface area (Å²) < 4.78 is 0. The lowest BCUT2D eigenvalue weighted by molar-refractivity contribution is -0.120. The van der Waals surface area contributed by atoms with Crippen molar-refractivity contribution in [3.63, 3.8) is 0 Å². The van der Waals surface area contributed by atoms with Crippen molar-refractivity contribution in [3.8, 4) is 11.8 Å². The van der Waals surface area contributed by atoms with Gasteiger partial charge >= 0.3 is 0 Å². The Morgan fingerprint density at radius 2 is 1.72 bits per heavy atom. The maximum atomic E-state index is 12.4. The molecule has 0 saturated carbocycles. The van der Waals surface area contributed by atoms with Crippen LogP contribution < -0.4 is 0 Å². The van der Waals surface area contributed by atoms with Crippen molar-refractivity contribution in [2.75, 3.05) is 0 Å². The first-order chi connectivity index (χ1) is 11.9. The minimum Gasteiger partial charge on any atom is -0.299 e. The van der Waals surface area contributed by atoms with Crippen molar-refractivity contribution in [3.05, 3.63) is 76.4 Å². The number of carbonyl (C=O) groups excluding carboxylic acids is 1. The normalized spacial score (nSPS) is 12.4. The number of ketones is 1. The van der Waals surface area contributed by atoms with Crippen LogP contribution in [0.5, 0.6) is 0 Å². The standard InChI is InChI=1S/C24H24O/c1-24(2,3)17-22(25)16-21-9-5-4-8-18(21)14-15-20-11-6-10-19-12-7-13-23(19)20/h4-11,13H,12,16-17H2,1-3H3. The van der Waals surface area contributed by atoms with Gasteiger partial charge in [-0.15, -0.1) is 0 Å². The summed E-state index contributed by atoms with van der Waals surface area (Å²) in [6, 6.07) is 14.3. The van der Waals surface area contributed by atoms with Crippen LogP contribution in [0.25, 0.3) is 6.08 Å². The Morgan fingerprint density at radius 3 is 2.52 bits per heavy atom. The molecule has 1 heteroatoms. The molecule has 0 aliphatic heterocycles. The van der Waals surface area contributed by atoms with E-state index in [9.17, 15) is 4.79 Å². The zero-order chi connectivity index (χ0) is 17.9. The molecule has 0 N–H and O–H groups in total. The Labute approximate surface area is 150 Å². The molecule has 0 radical (unpaired) electrons. The molecule has 3 rings (SSSR count). The molecule has 0 spiro atoms.